The number of para-hydroxylation sites is 5. The average Bonchev–Trinajstić information content (AvgIpc) is 3.85. The van der Waals surface area contributed by atoms with Gasteiger partial charge in [-0.3, -0.25) is 0 Å². The van der Waals surface area contributed by atoms with Gasteiger partial charge in [0, 0.05) is 43.7 Å². The Morgan fingerprint density at radius 1 is 0.431 bits per heavy atom. The maximum Gasteiger partial charge on any atom is 0.180 e. The molecular weight excluding hydrogens is 625 g/mol. The Labute approximate surface area is 292 Å². The third-order valence-corrected chi connectivity index (χ3v) is 10.1. The minimum atomic E-state index is 0.649. The second kappa shape index (κ2) is 10.8. The summed E-state index contributed by atoms with van der Waals surface area (Å²) in [5.74, 6) is 0.649. The fraction of sp³-hybridized carbons (Fsp3) is 0. The van der Waals surface area contributed by atoms with E-state index in [1.165, 1.54) is 32.6 Å². The highest BCUT2D eigenvalue weighted by atomic mass is 16.3. The normalized spacial score (nSPS) is 11.9. The van der Waals surface area contributed by atoms with Crippen LogP contribution >= 0.6 is 0 Å². The summed E-state index contributed by atoms with van der Waals surface area (Å²) in [4.78, 5) is 10.5. The maximum atomic E-state index is 6.42. The molecule has 0 aliphatic rings. The minimum Gasteiger partial charge on any atom is -0.452 e. The topological polar surface area (TPSA) is 48.8 Å². The maximum absolute atomic E-state index is 6.42. The fourth-order valence-corrected chi connectivity index (χ4v) is 7.91. The highest BCUT2D eigenvalue weighted by molar-refractivity contribution is 6.19. The predicted molar refractivity (Wildman–Crippen MR) is 209 cm³/mol. The lowest BCUT2D eigenvalue weighted by molar-refractivity contribution is 0.667. The van der Waals surface area contributed by atoms with Crippen molar-refractivity contribution in [3.8, 4) is 34.0 Å². The van der Waals surface area contributed by atoms with Crippen molar-refractivity contribution in [1.82, 2.24) is 19.1 Å². The van der Waals surface area contributed by atoms with Crippen LogP contribution in [0.25, 0.3) is 99.7 Å². The third-order valence-electron chi connectivity index (χ3n) is 10.1. The van der Waals surface area contributed by atoms with Gasteiger partial charge in [-0.2, -0.15) is 0 Å². The molecule has 0 fully saturated rings. The standard InChI is InChI=1S/C46H28N4O/c1-3-15-29(16-4-1)43-45-44(34-22-10-14-26-42(34)51-45)48-46(47-43)33-21-9-13-25-39(33)50-38-24-12-8-20-32(38)36-27-40-35(28-41(36)50)31-19-7-11-23-37(31)49(40)30-17-5-2-6-18-30/h1-28H. The molecule has 0 aliphatic carbocycles. The number of furan rings is 1. The average molecular weight is 653 g/mol. The molecule has 0 bridgehead atoms. The molecular formula is C46H28N4O. The lowest BCUT2D eigenvalue weighted by atomic mass is 10.1. The zero-order valence-electron chi connectivity index (χ0n) is 27.4. The van der Waals surface area contributed by atoms with E-state index in [-0.39, 0.29) is 0 Å². The van der Waals surface area contributed by atoms with E-state index >= 15 is 0 Å². The summed E-state index contributed by atoms with van der Waals surface area (Å²) in [6, 6.07) is 59.6. The predicted octanol–water partition coefficient (Wildman–Crippen LogP) is 11.9. The molecule has 4 aromatic heterocycles. The molecule has 0 saturated heterocycles. The van der Waals surface area contributed by atoms with Gasteiger partial charge in [-0.25, -0.2) is 9.97 Å². The van der Waals surface area contributed by atoms with Crippen LogP contribution in [-0.4, -0.2) is 19.1 Å². The Morgan fingerprint density at radius 3 is 1.75 bits per heavy atom. The largest absolute Gasteiger partial charge is 0.452 e. The molecule has 0 saturated carbocycles. The van der Waals surface area contributed by atoms with Crippen molar-refractivity contribution in [2.24, 2.45) is 0 Å². The fourth-order valence-electron chi connectivity index (χ4n) is 7.91. The number of rotatable bonds is 4. The first kappa shape index (κ1) is 27.9. The van der Waals surface area contributed by atoms with Crippen molar-refractivity contribution in [3.63, 3.8) is 0 Å². The highest BCUT2D eigenvalue weighted by Crippen LogP contribution is 2.42. The van der Waals surface area contributed by atoms with Gasteiger partial charge < -0.3 is 13.6 Å². The quantitative estimate of drug-likeness (QED) is 0.190. The summed E-state index contributed by atoms with van der Waals surface area (Å²) < 4.78 is 11.2. The van der Waals surface area contributed by atoms with E-state index in [2.05, 4.69) is 143 Å². The molecule has 0 spiro atoms. The Morgan fingerprint density at radius 2 is 1.00 bits per heavy atom. The smallest absolute Gasteiger partial charge is 0.180 e. The lowest BCUT2D eigenvalue weighted by Crippen LogP contribution is -2.00. The number of aromatic nitrogens is 4. The van der Waals surface area contributed by atoms with E-state index in [9.17, 15) is 0 Å². The van der Waals surface area contributed by atoms with E-state index in [1.807, 2.05) is 36.4 Å². The van der Waals surface area contributed by atoms with Gasteiger partial charge in [0.05, 0.1) is 27.8 Å². The molecule has 0 N–H and O–H groups in total. The highest BCUT2D eigenvalue weighted by Gasteiger charge is 2.23. The van der Waals surface area contributed by atoms with Crippen LogP contribution in [0.3, 0.4) is 0 Å². The zero-order valence-corrected chi connectivity index (χ0v) is 27.4. The summed E-state index contributed by atoms with van der Waals surface area (Å²) in [6.07, 6.45) is 0. The molecule has 11 aromatic rings. The first-order valence-electron chi connectivity index (χ1n) is 17.2. The van der Waals surface area contributed by atoms with Crippen molar-refractivity contribution in [3.05, 3.63) is 170 Å². The van der Waals surface area contributed by atoms with Crippen molar-refractivity contribution in [2.75, 3.05) is 0 Å². The second-order valence-electron chi connectivity index (χ2n) is 13.0. The van der Waals surface area contributed by atoms with Crippen molar-refractivity contribution in [1.29, 1.82) is 0 Å². The Bertz CT molecular complexity index is 3130. The van der Waals surface area contributed by atoms with Gasteiger partial charge in [0.25, 0.3) is 0 Å². The van der Waals surface area contributed by atoms with Gasteiger partial charge >= 0.3 is 0 Å². The van der Waals surface area contributed by atoms with Gasteiger partial charge in [0.1, 0.15) is 16.8 Å². The summed E-state index contributed by atoms with van der Waals surface area (Å²) in [5.41, 5.74) is 11.8. The number of hydrogen-bond donors (Lipinski definition) is 0. The Balaban J connectivity index is 1.23. The summed E-state index contributed by atoms with van der Waals surface area (Å²) >= 11 is 0. The summed E-state index contributed by atoms with van der Waals surface area (Å²) in [7, 11) is 0. The van der Waals surface area contributed by atoms with Crippen molar-refractivity contribution < 1.29 is 4.42 Å². The van der Waals surface area contributed by atoms with E-state index in [1.54, 1.807) is 0 Å². The van der Waals surface area contributed by atoms with Crippen molar-refractivity contribution >= 4 is 65.7 Å². The van der Waals surface area contributed by atoms with E-state index in [4.69, 9.17) is 14.4 Å². The van der Waals surface area contributed by atoms with Gasteiger partial charge in [0.2, 0.25) is 0 Å². The molecule has 0 atom stereocenters. The molecule has 0 aliphatic heterocycles. The zero-order chi connectivity index (χ0) is 33.5. The van der Waals surface area contributed by atoms with Crippen LogP contribution in [0.5, 0.6) is 0 Å². The molecule has 7 aromatic carbocycles. The third kappa shape index (κ3) is 4.09. The van der Waals surface area contributed by atoms with Crippen LogP contribution in [-0.2, 0) is 0 Å². The first-order valence-corrected chi connectivity index (χ1v) is 17.2. The van der Waals surface area contributed by atoms with Gasteiger partial charge in [-0.15, -0.1) is 0 Å². The van der Waals surface area contributed by atoms with Crippen LogP contribution in [0.4, 0.5) is 0 Å². The molecule has 11 rings (SSSR count). The number of fused-ring (bicyclic) bond motifs is 9. The van der Waals surface area contributed by atoms with Gasteiger partial charge in [-0.1, -0.05) is 109 Å². The monoisotopic (exact) mass is 652 g/mol. The van der Waals surface area contributed by atoms with Crippen LogP contribution in [0.1, 0.15) is 0 Å². The van der Waals surface area contributed by atoms with Gasteiger partial charge in [-0.05, 0) is 60.7 Å². The van der Waals surface area contributed by atoms with Crippen molar-refractivity contribution in [2.45, 2.75) is 0 Å². The molecule has 5 heteroatoms. The van der Waals surface area contributed by atoms with Gasteiger partial charge in [0.15, 0.2) is 11.4 Å². The molecule has 0 unspecified atom stereocenters. The van der Waals surface area contributed by atoms with Crippen LogP contribution in [0.15, 0.2) is 174 Å². The Hall–Kier alpha value is -6.98. The molecule has 0 amide bonds. The number of nitrogens with zero attached hydrogens (tertiary/aromatic N) is 4. The first-order chi connectivity index (χ1) is 25.3. The SMILES string of the molecule is c1ccc(-c2nc(-c3ccccc3-n3c4ccccc4c4cc5c(cc43)c3ccccc3n5-c3ccccc3)nc3c2oc2ccccc23)cc1. The van der Waals surface area contributed by atoms with E-state index < -0.39 is 0 Å². The molecule has 4 heterocycles. The minimum absolute atomic E-state index is 0.649. The Kier molecular flexibility index (Phi) is 5.89. The summed E-state index contributed by atoms with van der Waals surface area (Å²) in [6.45, 7) is 0. The van der Waals surface area contributed by atoms with Crippen LogP contribution < -0.4 is 0 Å². The molecule has 0 radical (unpaired) electrons. The van der Waals surface area contributed by atoms with E-state index in [0.29, 0.717) is 11.4 Å². The second-order valence-corrected chi connectivity index (χ2v) is 13.0. The molecule has 238 valence electrons. The summed E-state index contributed by atoms with van der Waals surface area (Å²) in [5, 5.41) is 5.78. The number of benzene rings is 7. The molecule has 51 heavy (non-hydrogen) atoms. The molecule has 5 nitrogen and oxygen atoms in total. The van der Waals surface area contributed by atoms with Crippen LogP contribution in [0, 0.1) is 0 Å². The van der Waals surface area contributed by atoms with Crippen LogP contribution in [0.2, 0.25) is 0 Å². The lowest BCUT2D eigenvalue weighted by Gasteiger charge is -2.14. The van der Waals surface area contributed by atoms with E-state index in [0.717, 1.165) is 55.7 Å². The number of hydrogen-bond acceptors (Lipinski definition) is 3.